The second kappa shape index (κ2) is 3.56. The fourth-order valence-corrected chi connectivity index (χ4v) is 1.22. The highest BCUT2D eigenvalue weighted by Crippen LogP contribution is 2.25. The van der Waals surface area contributed by atoms with E-state index in [2.05, 4.69) is 15.2 Å². The van der Waals surface area contributed by atoms with Crippen molar-refractivity contribution in [3.63, 3.8) is 0 Å². The Morgan fingerprint density at radius 1 is 1.53 bits per heavy atom. The summed E-state index contributed by atoms with van der Waals surface area (Å²) in [5.74, 6) is -0.0579. The van der Waals surface area contributed by atoms with Gasteiger partial charge in [0.05, 0.1) is 7.11 Å². The van der Waals surface area contributed by atoms with Crippen molar-refractivity contribution in [2.45, 2.75) is 6.92 Å². The van der Waals surface area contributed by atoms with Crippen molar-refractivity contribution in [3.8, 4) is 17.3 Å². The second-order valence-corrected chi connectivity index (χ2v) is 2.99. The number of aryl methyl sites for hydroxylation is 1. The van der Waals surface area contributed by atoms with E-state index < -0.39 is 5.76 Å². The molecule has 0 atom stereocenters. The van der Waals surface area contributed by atoms with Crippen LogP contribution in [0.25, 0.3) is 11.5 Å². The van der Waals surface area contributed by atoms with E-state index in [-0.39, 0.29) is 5.89 Å². The number of ether oxygens (including phenoxy) is 1. The summed E-state index contributed by atoms with van der Waals surface area (Å²) in [4.78, 5) is 14.8. The van der Waals surface area contributed by atoms with Crippen LogP contribution < -0.4 is 10.5 Å². The van der Waals surface area contributed by atoms with Crippen molar-refractivity contribution in [2.24, 2.45) is 0 Å². The average molecular weight is 207 g/mol. The van der Waals surface area contributed by atoms with Gasteiger partial charge in [0.25, 0.3) is 5.89 Å². The molecule has 0 aliphatic heterocycles. The Balaban J connectivity index is 2.59. The highest BCUT2D eigenvalue weighted by atomic mass is 16.5. The number of H-pyrrole nitrogens is 1. The number of pyridine rings is 1. The highest BCUT2D eigenvalue weighted by molar-refractivity contribution is 5.60. The monoisotopic (exact) mass is 207 g/mol. The van der Waals surface area contributed by atoms with Crippen LogP contribution in [0.4, 0.5) is 0 Å². The quantitative estimate of drug-likeness (QED) is 0.785. The Kier molecular flexibility index (Phi) is 2.24. The van der Waals surface area contributed by atoms with Crippen LogP contribution in [0.1, 0.15) is 5.56 Å². The van der Waals surface area contributed by atoms with E-state index in [1.165, 1.54) is 7.11 Å². The molecule has 2 aromatic heterocycles. The van der Waals surface area contributed by atoms with E-state index in [4.69, 9.17) is 9.15 Å². The van der Waals surface area contributed by atoms with Crippen molar-refractivity contribution in [2.75, 3.05) is 7.11 Å². The van der Waals surface area contributed by atoms with Gasteiger partial charge in [0.2, 0.25) is 5.88 Å². The molecule has 0 radical (unpaired) electrons. The van der Waals surface area contributed by atoms with E-state index >= 15 is 0 Å². The van der Waals surface area contributed by atoms with Crippen LogP contribution in [0.5, 0.6) is 5.88 Å². The van der Waals surface area contributed by atoms with E-state index in [9.17, 15) is 4.79 Å². The number of nitrogens with zero attached hydrogens (tertiary/aromatic N) is 2. The lowest BCUT2D eigenvalue weighted by atomic mass is 10.2. The zero-order chi connectivity index (χ0) is 10.8. The first-order chi connectivity index (χ1) is 7.20. The van der Waals surface area contributed by atoms with E-state index in [0.29, 0.717) is 11.4 Å². The van der Waals surface area contributed by atoms with Crippen molar-refractivity contribution in [1.29, 1.82) is 0 Å². The molecule has 6 heteroatoms. The van der Waals surface area contributed by atoms with Gasteiger partial charge in [-0.05, 0) is 18.6 Å². The molecule has 0 spiro atoms. The summed E-state index contributed by atoms with van der Waals surface area (Å²) >= 11 is 0. The standard InChI is InChI=1S/C9H9N3O3/c1-5-3-6(7(14-2)10-4-5)8-11-12-9(13)15-8/h3-4H,1-2H3,(H,12,13). The van der Waals surface area contributed by atoms with Gasteiger partial charge < -0.3 is 9.15 Å². The molecule has 0 bridgehead atoms. The zero-order valence-corrected chi connectivity index (χ0v) is 8.27. The molecule has 2 rings (SSSR count). The molecule has 15 heavy (non-hydrogen) atoms. The summed E-state index contributed by atoms with van der Waals surface area (Å²) in [5.41, 5.74) is 1.48. The summed E-state index contributed by atoms with van der Waals surface area (Å²) < 4.78 is 9.86. The topological polar surface area (TPSA) is 81.0 Å². The third-order valence-corrected chi connectivity index (χ3v) is 1.85. The Hall–Kier alpha value is -2.11. The van der Waals surface area contributed by atoms with E-state index in [1.807, 2.05) is 6.92 Å². The SMILES string of the molecule is COc1ncc(C)cc1-c1n[nH]c(=O)o1. The first kappa shape index (κ1) is 9.45. The van der Waals surface area contributed by atoms with Gasteiger partial charge in [-0.2, -0.15) is 0 Å². The number of methoxy groups -OCH3 is 1. The molecule has 78 valence electrons. The third kappa shape index (κ3) is 1.74. The van der Waals surface area contributed by atoms with Crippen molar-refractivity contribution in [1.82, 2.24) is 15.2 Å². The third-order valence-electron chi connectivity index (χ3n) is 1.85. The molecule has 0 fully saturated rings. The minimum atomic E-state index is -0.603. The second-order valence-electron chi connectivity index (χ2n) is 2.99. The molecule has 2 aromatic rings. The fraction of sp³-hybridized carbons (Fsp3) is 0.222. The van der Waals surface area contributed by atoms with Gasteiger partial charge >= 0.3 is 5.76 Å². The molecule has 6 nitrogen and oxygen atoms in total. The number of aromatic amines is 1. The maximum absolute atomic E-state index is 10.8. The van der Waals surface area contributed by atoms with Crippen LogP contribution >= 0.6 is 0 Å². The molecular formula is C9H9N3O3. The average Bonchev–Trinajstić information content (AvgIpc) is 2.65. The minimum absolute atomic E-state index is 0.174. The lowest BCUT2D eigenvalue weighted by Gasteiger charge is -2.03. The van der Waals surface area contributed by atoms with E-state index in [0.717, 1.165) is 5.56 Å². The van der Waals surface area contributed by atoms with Crippen LogP contribution in [0.2, 0.25) is 0 Å². The summed E-state index contributed by atoms with van der Waals surface area (Å²) in [6.07, 6.45) is 1.66. The van der Waals surface area contributed by atoms with Gasteiger partial charge in [-0.25, -0.2) is 14.9 Å². The van der Waals surface area contributed by atoms with Gasteiger partial charge in [0.15, 0.2) is 0 Å². The number of rotatable bonds is 2. The first-order valence-electron chi connectivity index (χ1n) is 4.27. The van der Waals surface area contributed by atoms with E-state index in [1.54, 1.807) is 12.3 Å². The molecule has 0 aromatic carbocycles. The number of nitrogens with one attached hydrogen (secondary N) is 1. The Labute approximate surface area is 84.9 Å². The molecular weight excluding hydrogens is 198 g/mol. The normalized spacial score (nSPS) is 10.3. The number of hydrogen-bond donors (Lipinski definition) is 1. The molecule has 0 aliphatic carbocycles. The smallest absolute Gasteiger partial charge is 0.434 e. The maximum Gasteiger partial charge on any atom is 0.434 e. The largest absolute Gasteiger partial charge is 0.480 e. The predicted molar refractivity (Wildman–Crippen MR) is 51.6 cm³/mol. The fourth-order valence-electron chi connectivity index (χ4n) is 1.22. The molecule has 0 unspecified atom stereocenters. The maximum atomic E-state index is 10.8. The van der Waals surface area contributed by atoms with Gasteiger partial charge in [-0.3, -0.25) is 0 Å². The Morgan fingerprint density at radius 3 is 2.93 bits per heavy atom. The van der Waals surface area contributed by atoms with Crippen LogP contribution in [0.3, 0.4) is 0 Å². The zero-order valence-electron chi connectivity index (χ0n) is 8.27. The lowest BCUT2D eigenvalue weighted by molar-refractivity contribution is 0.397. The van der Waals surface area contributed by atoms with Crippen LogP contribution in [0.15, 0.2) is 21.5 Å². The van der Waals surface area contributed by atoms with Crippen LogP contribution in [-0.2, 0) is 0 Å². The number of hydrogen-bond acceptors (Lipinski definition) is 5. The Morgan fingerprint density at radius 2 is 2.33 bits per heavy atom. The molecule has 0 saturated carbocycles. The molecule has 0 amide bonds. The molecule has 0 aliphatic rings. The summed E-state index contributed by atoms with van der Waals surface area (Å²) in [6.45, 7) is 1.88. The Bertz CT molecular complexity index is 529. The van der Waals surface area contributed by atoms with Gasteiger partial charge in [-0.1, -0.05) is 0 Å². The summed E-state index contributed by atoms with van der Waals surface area (Å²) in [6, 6.07) is 1.78. The minimum Gasteiger partial charge on any atom is -0.480 e. The van der Waals surface area contributed by atoms with Crippen molar-refractivity contribution in [3.05, 3.63) is 28.4 Å². The van der Waals surface area contributed by atoms with Crippen molar-refractivity contribution < 1.29 is 9.15 Å². The lowest BCUT2D eigenvalue weighted by Crippen LogP contribution is -1.94. The van der Waals surface area contributed by atoms with Gasteiger partial charge in [-0.15, -0.1) is 5.10 Å². The molecule has 2 heterocycles. The highest BCUT2D eigenvalue weighted by Gasteiger charge is 2.12. The number of aromatic nitrogens is 3. The molecule has 1 N–H and O–H groups in total. The van der Waals surface area contributed by atoms with Gasteiger partial charge in [0, 0.05) is 6.20 Å². The molecule has 0 saturated heterocycles. The van der Waals surface area contributed by atoms with Gasteiger partial charge in [0.1, 0.15) is 5.56 Å². The predicted octanol–water partition coefficient (Wildman–Crippen LogP) is 0.742. The summed E-state index contributed by atoms with van der Waals surface area (Å²) in [5, 5.41) is 5.89. The van der Waals surface area contributed by atoms with Crippen LogP contribution in [-0.4, -0.2) is 22.3 Å². The first-order valence-corrected chi connectivity index (χ1v) is 4.27. The van der Waals surface area contributed by atoms with Crippen molar-refractivity contribution >= 4 is 0 Å². The van der Waals surface area contributed by atoms with Crippen LogP contribution in [0, 0.1) is 6.92 Å². The summed E-state index contributed by atoms with van der Waals surface area (Å²) in [7, 11) is 1.49.